The fourth-order valence-electron chi connectivity index (χ4n) is 3.85. The Balaban J connectivity index is 1.33. The molecular weight excluding hydrogens is 442 g/mol. The van der Waals surface area contributed by atoms with Crippen LogP contribution >= 0.6 is 11.3 Å². The number of amides is 1. The van der Waals surface area contributed by atoms with Crippen LogP contribution in [0.15, 0.2) is 53.4 Å². The summed E-state index contributed by atoms with van der Waals surface area (Å²) >= 11 is 1.62. The number of benzene rings is 2. The zero-order chi connectivity index (χ0) is 22.9. The largest absolute Gasteiger partial charge is 0.340 e. The Bertz CT molecular complexity index is 1170. The zero-order valence-corrected chi connectivity index (χ0v) is 20.4. The van der Waals surface area contributed by atoms with Crippen LogP contribution in [0.25, 0.3) is 10.2 Å². The molecule has 2 heterocycles. The highest BCUT2D eigenvalue weighted by Crippen LogP contribution is 2.26. The lowest BCUT2D eigenvalue weighted by Gasteiger charge is -2.34. The van der Waals surface area contributed by atoms with Crippen molar-refractivity contribution in [2.75, 3.05) is 26.2 Å². The fourth-order valence-corrected chi connectivity index (χ4v) is 6.24. The van der Waals surface area contributed by atoms with E-state index in [-0.39, 0.29) is 11.3 Å². The van der Waals surface area contributed by atoms with Gasteiger partial charge in [0.25, 0.3) is 0 Å². The molecule has 170 valence electrons. The van der Waals surface area contributed by atoms with Crippen LogP contribution in [0.5, 0.6) is 0 Å². The number of hydrogen-bond donors (Lipinski definition) is 0. The Morgan fingerprint density at radius 3 is 2.28 bits per heavy atom. The number of sulfonamides is 1. The third-order valence-electron chi connectivity index (χ3n) is 5.84. The number of hydrogen-bond acceptors (Lipinski definition) is 5. The summed E-state index contributed by atoms with van der Waals surface area (Å²) in [5.74, 6) is 0.0517. The fraction of sp³-hybridized carbons (Fsp3) is 0.417. The first-order chi connectivity index (χ1) is 15.1. The van der Waals surface area contributed by atoms with Crippen LogP contribution in [-0.4, -0.2) is 54.7 Å². The number of aryl methyl sites for hydroxylation is 1. The SMILES string of the molecule is CC(C)(C)c1ccc(S(=O)(=O)N2CCN(C(=O)CCc3nc4ccccc4s3)CC2)cc1. The third-order valence-corrected chi connectivity index (χ3v) is 8.85. The van der Waals surface area contributed by atoms with Crippen molar-refractivity contribution in [1.29, 1.82) is 0 Å². The van der Waals surface area contributed by atoms with Crippen molar-refractivity contribution in [2.24, 2.45) is 0 Å². The van der Waals surface area contributed by atoms with Gasteiger partial charge in [-0.05, 0) is 35.2 Å². The molecule has 2 aromatic carbocycles. The topological polar surface area (TPSA) is 70.6 Å². The molecule has 3 aromatic rings. The van der Waals surface area contributed by atoms with Gasteiger partial charge in [0, 0.05) is 39.0 Å². The molecule has 1 aliphatic heterocycles. The van der Waals surface area contributed by atoms with Crippen LogP contribution in [-0.2, 0) is 26.7 Å². The number of carbonyl (C=O) groups excluding carboxylic acids is 1. The molecule has 8 heteroatoms. The van der Waals surface area contributed by atoms with Gasteiger partial charge in [-0.2, -0.15) is 4.31 Å². The molecule has 0 N–H and O–H groups in total. The Morgan fingerprint density at radius 1 is 1.00 bits per heavy atom. The van der Waals surface area contributed by atoms with Gasteiger partial charge in [-0.25, -0.2) is 13.4 Å². The molecule has 6 nitrogen and oxygen atoms in total. The average Bonchev–Trinajstić information content (AvgIpc) is 3.20. The summed E-state index contributed by atoms with van der Waals surface area (Å²) in [7, 11) is -3.56. The molecule has 4 rings (SSSR count). The monoisotopic (exact) mass is 471 g/mol. The van der Waals surface area contributed by atoms with Gasteiger partial charge in [0.1, 0.15) is 0 Å². The molecule has 0 atom stereocenters. The lowest BCUT2D eigenvalue weighted by Crippen LogP contribution is -2.50. The number of thiazole rings is 1. The molecule has 1 saturated heterocycles. The Kier molecular flexibility index (Phi) is 6.38. The van der Waals surface area contributed by atoms with Crippen molar-refractivity contribution in [1.82, 2.24) is 14.2 Å². The van der Waals surface area contributed by atoms with E-state index in [1.807, 2.05) is 36.4 Å². The quantitative estimate of drug-likeness (QED) is 0.563. The molecule has 0 saturated carbocycles. The molecule has 1 amide bonds. The van der Waals surface area contributed by atoms with Gasteiger partial charge < -0.3 is 4.90 Å². The van der Waals surface area contributed by atoms with Gasteiger partial charge in [0.05, 0.1) is 20.1 Å². The number of carbonyl (C=O) groups is 1. The standard InChI is InChI=1S/C24H29N3O3S2/c1-24(2,3)18-8-10-19(11-9-18)32(29,30)27-16-14-26(15-17-27)23(28)13-12-22-25-20-6-4-5-7-21(20)31-22/h4-11H,12-17H2,1-3H3. The summed E-state index contributed by atoms with van der Waals surface area (Å²) in [5, 5.41) is 0.958. The maximum atomic E-state index is 13.0. The number of rotatable bonds is 5. The van der Waals surface area contributed by atoms with E-state index in [4.69, 9.17) is 0 Å². The molecular formula is C24H29N3O3S2. The molecule has 32 heavy (non-hydrogen) atoms. The summed E-state index contributed by atoms with van der Waals surface area (Å²) in [4.78, 5) is 19.3. The van der Waals surface area contributed by atoms with Crippen LogP contribution in [0.3, 0.4) is 0 Å². The second-order valence-electron chi connectivity index (χ2n) is 9.13. The maximum absolute atomic E-state index is 13.0. The minimum absolute atomic E-state index is 0.0281. The Morgan fingerprint density at radius 2 is 1.66 bits per heavy atom. The van der Waals surface area contributed by atoms with Crippen molar-refractivity contribution in [3.05, 3.63) is 59.1 Å². The Hall–Kier alpha value is -2.29. The maximum Gasteiger partial charge on any atom is 0.243 e. The van der Waals surface area contributed by atoms with Crippen molar-refractivity contribution in [3.8, 4) is 0 Å². The minimum atomic E-state index is -3.56. The molecule has 1 aliphatic rings. The van der Waals surface area contributed by atoms with Gasteiger partial charge >= 0.3 is 0 Å². The summed E-state index contributed by atoms with van der Waals surface area (Å²) in [6, 6.07) is 15.1. The molecule has 0 unspecified atom stereocenters. The third kappa shape index (κ3) is 4.87. The van der Waals surface area contributed by atoms with Crippen LogP contribution in [0.1, 0.15) is 37.8 Å². The number of para-hydroxylation sites is 1. The van der Waals surface area contributed by atoms with E-state index in [1.165, 1.54) is 4.31 Å². The first kappa shape index (κ1) is 22.9. The van der Waals surface area contributed by atoms with Gasteiger partial charge in [-0.15, -0.1) is 11.3 Å². The van der Waals surface area contributed by atoms with E-state index < -0.39 is 10.0 Å². The van der Waals surface area contributed by atoms with Crippen LogP contribution in [0, 0.1) is 0 Å². The second kappa shape index (κ2) is 8.92. The highest BCUT2D eigenvalue weighted by Gasteiger charge is 2.30. The highest BCUT2D eigenvalue weighted by atomic mass is 32.2. The van der Waals surface area contributed by atoms with E-state index in [9.17, 15) is 13.2 Å². The van der Waals surface area contributed by atoms with Crippen molar-refractivity contribution in [2.45, 2.75) is 43.9 Å². The predicted molar refractivity (Wildman–Crippen MR) is 128 cm³/mol. The highest BCUT2D eigenvalue weighted by molar-refractivity contribution is 7.89. The Labute approximate surface area is 193 Å². The average molecular weight is 472 g/mol. The molecule has 0 spiro atoms. The van der Waals surface area contributed by atoms with Gasteiger partial charge in [-0.3, -0.25) is 4.79 Å². The van der Waals surface area contributed by atoms with Crippen LogP contribution in [0.4, 0.5) is 0 Å². The van der Waals surface area contributed by atoms with Crippen molar-refractivity contribution < 1.29 is 13.2 Å². The minimum Gasteiger partial charge on any atom is -0.340 e. The number of piperazine rings is 1. The first-order valence-electron chi connectivity index (χ1n) is 10.9. The summed E-state index contributed by atoms with van der Waals surface area (Å²) < 4.78 is 28.7. The zero-order valence-electron chi connectivity index (χ0n) is 18.7. The molecule has 0 radical (unpaired) electrons. The lowest BCUT2D eigenvalue weighted by molar-refractivity contribution is -0.132. The normalized spacial score (nSPS) is 15.9. The molecule has 0 aliphatic carbocycles. The summed E-state index contributed by atoms with van der Waals surface area (Å²) in [6.07, 6.45) is 0.998. The van der Waals surface area contributed by atoms with Crippen LogP contribution < -0.4 is 0 Å². The first-order valence-corrected chi connectivity index (χ1v) is 13.1. The molecule has 1 aromatic heterocycles. The van der Waals surface area contributed by atoms with E-state index in [0.717, 1.165) is 20.8 Å². The summed E-state index contributed by atoms with van der Waals surface area (Å²) in [6.45, 7) is 7.76. The lowest BCUT2D eigenvalue weighted by atomic mass is 9.87. The molecule has 0 bridgehead atoms. The summed E-state index contributed by atoms with van der Waals surface area (Å²) in [5.41, 5.74) is 2.04. The number of aromatic nitrogens is 1. The van der Waals surface area contributed by atoms with E-state index in [0.29, 0.717) is 43.9 Å². The van der Waals surface area contributed by atoms with Gasteiger partial charge in [0.15, 0.2) is 0 Å². The number of fused-ring (bicyclic) bond motifs is 1. The van der Waals surface area contributed by atoms with Gasteiger partial charge in [0.2, 0.25) is 15.9 Å². The van der Waals surface area contributed by atoms with Crippen molar-refractivity contribution in [3.63, 3.8) is 0 Å². The van der Waals surface area contributed by atoms with E-state index >= 15 is 0 Å². The van der Waals surface area contributed by atoms with Crippen LogP contribution in [0.2, 0.25) is 0 Å². The van der Waals surface area contributed by atoms with Gasteiger partial charge in [-0.1, -0.05) is 45.0 Å². The van der Waals surface area contributed by atoms with Crippen molar-refractivity contribution >= 4 is 37.5 Å². The van der Waals surface area contributed by atoms with E-state index in [2.05, 4.69) is 25.8 Å². The van der Waals surface area contributed by atoms with E-state index in [1.54, 1.807) is 28.4 Å². The number of nitrogens with zero attached hydrogens (tertiary/aromatic N) is 3. The smallest absolute Gasteiger partial charge is 0.243 e. The molecule has 1 fully saturated rings. The second-order valence-corrected chi connectivity index (χ2v) is 12.2. The predicted octanol–water partition coefficient (Wildman–Crippen LogP) is 4.06.